The zero-order valence-corrected chi connectivity index (χ0v) is 10.2. The van der Waals surface area contributed by atoms with Crippen molar-refractivity contribution in [3.8, 4) is 0 Å². The summed E-state index contributed by atoms with van der Waals surface area (Å²) in [6.07, 6.45) is 1.07. The maximum Gasteiger partial charge on any atom is 0.344 e. The summed E-state index contributed by atoms with van der Waals surface area (Å²) in [5, 5.41) is 10.4. The molecule has 86 valence electrons. The quantitative estimate of drug-likeness (QED) is 0.562. The molecule has 0 aromatic carbocycles. The van der Waals surface area contributed by atoms with Crippen LogP contribution in [0.1, 0.15) is 26.3 Å². The number of nitrogens with zero attached hydrogens (tertiary/aromatic N) is 2. The predicted molar refractivity (Wildman–Crippen MR) is 62.5 cm³/mol. The highest BCUT2D eigenvalue weighted by atomic mass is 32.2. The Morgan fingerprint density at radius 3 is 2.93 bits per heavy atom. The van der Waals surface area contributed by atoms with Gasteiger partial charge < -0.3 is 5.32 Å². The molecular formula is C9H18N4OS. The Labute approximate surface area is 93.6 Å². The molecule has 6 heteroatoms. The molecule has 1 aromatic rings. The van der Waals surface area contributed by atoms with Gasteiger partial charge in [-0.25, -0.2) is 9.89 Å². The molecular weight excluding hydrogens is 212 g/mol. The van der Waals surface area contributed by atoms with Gasteiger partial charge in [-0.15, -0.1) is 5.10 Å². The third-order valence-electron chi connectivity index (χ3n) is 1.99. The van der Waals surface area contributed by atoms with Gasteiger partial charge in [-0.05, 0) is 33.9 Å². The van der Waals surface area contributed by atoms with Crippen molar-refractivity contribution in [3.63, 3.8) is 0 Å². The molecule has 1 aromatic heterocycles. The molecule has 0 saturated heterocycles. The molecule has 0 radical (unpaired) electrons. The van der Waals surface area contributed by atoms with Gasteiger partial charge in [0.15, 0.2) is 5.16 Å². The number of thioether (sulfide) groups is 1. The van der Waals surface area contributed by atoms with Gasteiger partial charge >= 0.3 is 5.69 Å². The number of rotatable bonds is 6. The number of aromatic nitrogens is 3. The average Bonchev–Trinajstić information content (AvgIpc) is 2.54. The Morgan fingerprint density at radius 2 is 2.33 bits per heavy atom. The highest BCUT2D eigenvalue weighted by Crippen LogP contribution is 2.17. The van der Waals surface area contributed by atoms with E-state index in [9.17, 15) is 4.79 Å². The first-order valence-electron chi connectivity index (χ1n) is 5.11. The highest BCUT2D eigenvalue weighted by molar-refractivity contribution is 7.99. The Kier molecular flexibility index (Phi) is 4.90. The van der Waals surface area contributed by atoms with Crippen molar-refractivity contribution in [1.29, 1.82) is 0 Å². The second-order valence-electron chi connectivity index (χ2n) is 3.58. The maximum absolute atomic E-state index is 11.4. The monoisotopic (exact) mass is 230 g/mol. The minimum absolute atomic E-state index is 0.124. The van der Waals surface area contributed by atoms with Crippen molar-refractivity contribution in [2.24, 2.45) is 0 Å². The molecule has 0 aliphatic heterocycles. The normalized spacial score (nSPS) is 11.2. The zero-order valence-electron chi connectivity index (χ0n) is 9.41. The molecule has 0 aliphatic rings. The number of hydrogen-bond donors (Lipinski definition) is 2. The van der Waals surface area contributed by atoms with Gasteiger partial charge in [-0.3, -0.25) is 4.57 Å². The first kappa shape index (κ1) is 12.3. The van der Waals surface area contributed by atoms with E-state index in [0.717, 1.165) is 23.9 Å². The first-order chi connectivity index (χ1) is 7.16. The minimum atomic E-state index is -0.124. The summed E-state index contributed by atoms with van der Waals surface area (Å²) in [5.41, 5.74) is -0.124. The molecule has 0 amide bonds. The summed E-state index contributed by atoms with van der Waals surface area (Å²) >= 11 is 1.62. The summed E-state index contributed by atoms with van der Waals surface area (Å²) < 4.78 is 1.68. The molecule has 1 heterocycles. The third-order valence-corrected chi connectivity index (χ3v) is 3.03. The van der Waals surface area contributed by atoms with Crippen LogP contribution in [0.15, 0.2) is 9.95 Å². The van der Waals surface area contributed by atoms with Gasteiger partial charge in [-0.2, -0.15) is 0 Å². The predicted octanol–water partition coefficient (Wildman–Crippen LogP) is 0.854. The van der Waals surface area contributed by atoms with Crippen LogP contribution in [0, 0.1) is 0 Å². The van der Waals surface area contributed by atoms with Crippen LogP contribution >= 0.6 is 11.8 Å². The Bertz CT molecular complexity index is 344. The molecule has 0 aliphatic carbocycles. The van der Waals surface area contributed by atoms with E-state index in [0.29, 0.717) is 0 Å². The van der Waals surface area contributed by atoms with E-state index < -0.39 is 0 Å². The van der Waals surface area contributed by atoms with Crippen LogP contribution in [0.4, 0.5) is 0 Å². The van der Waals surface area contributed by atoms with Crippen LogP contribution in [0.2, 0.25) is 0 Å². The Morgan fingerprint density at radius 1 is 1.60 bits per heavy atom. The van der Waals surface area contributed by atoms with E-state index in [1.165, 1.54) is 0 Å². The van der Waals surface area contributed by atoms with Crippen LogP contribution in [0.3, 0.4) is 0 Å². The van der Waals surface area contributed by atoms with Crippen LogP contribution in [0.5, 0.6) is 0 Å². The summed E-state index contributed by atoms with van der Waals surface area (Å²) in [7, 11) is 1.93. The molecule has 0 unspecified atom stereocenters. The fourth-order valence-electron chi connectivity index (χ4n) is 1.26. The van der Waals surface area contributed by atoms with E-state index in [4.69, 9.17) is 0 Å². The topological polar surface area (TPSA) is 62.7 Å². The maximum atomic E-state index is 11.4. The molecule has 15 heavy (non-hydrogen) atoms. The highest BCUT2D eigenvalue weighted by Gasteiger charge is 2.10. The fourth-order valence-corrected chi connectivity index (χ4v) is 2.27. The lowest BCUT2D eigenvalue weighted by molar-refractivity contribution is 0.534. The smallest absolute Gasteiger partial charge is 0.320 e. The Hall–Kier alpha value is -0.750. The van der Waals surface area contributed by atoms with Crippen molar-refractivity contribution < 1.29 is 0 Å². The molecule has 5 nitrogen and oxygen atoms in total. The second-order valence-corrected chi connectivity index (χ2v) is 4.64. The summed E-state index contributed by atoms with van der Waals surface area (Å²) in [4.78, 5) is 11.4. The number of H-pyrrole nitrogens is 1. The van der Waals surface area contributed by atoms with Gasteiger partial charge in [0.1, 0.15) is 0 Å². The van der Waals surface area contributed by atoms with E-state index in [-0.39, 0.29) is 11.7 Å². The third kappa shape index (κ3) is 3.39. The van der Waals surface area contributed by atoms with Gasteiger partial charge in [0, 0.05) is 11.8 Å². The average molecular weight is 230 g/mol. The van der Waals surface area contributed by atoms with Crippen LogP contribution in [-0.4, -0.2) is 34.1 Å². The summed E-state index contributed by atoms with van der Waals surface area (Å²) in [6, 6.07) is 0.156. The minimum Gasteiger partial charge on any atom is -0.320 e. The van der Waals surface area contributed by atoms with Crippen molar-refractivity contribution >= 4 is 11.8 Å². The molecule has 0 bridgehead atoms. The fraction of sp³-hybridized carbons (Fsp3) is 0.778. The van der Waals surface area contributed by atoms with Crippen molar-refractivity contribution in [1.82, 2.24) is 20.1 Å². The van der Waals surface area contributed by atoms with Gasteiger partial charge in [0.2, 0.25) is 0 Å². The van der Waals surface area contributed by atoms with Crippen molar-refractivity contribution in [2.75, 3.05) is 19.3 Å². The first-order valence-corrected chi connectivity index (χ1v) is 6.09. The lowest BCUT2D eigenvalue weighted by Gasteiger charge is -2.07. The number of hydrogen-bond acceptors (Lipinski definition) is 4. The summed E-state index contributed by atoms with van der Waals surface area (Å²) in [5.74, 6) is 0.970. The molecule has 0 spiro atoms. The SMILES string of the molecule is CNCCCSc1n[nH]c(=O)n1C(C)C. The summed E-state index contributed by atoms with van der Waals surface area (Å²) in [6.45, 7) is 4.95. The number of nitrogens with one attached hydrogen (secondary N) is 2. The van der Waals surface area contributed by atoms with Gasteiger partial charge in [0.25, 0.3) is 0 Å². The zero-order chi connectivity index (χ0) is 11.3. The molecule has 2 N–H and O–H groups in total. The standard InChI is InChI=1S/C9H18N4OS/c1-7(2)13-8(14)11-12-9(13)15-6-4-5-10-3/h7,10H,4-6H2,1-3H3,(H,11,14). The van der Waals surface area contributed by atoms with Crippen LogP contribution in [-0.2, 0) is 0 Å². The van der Waals surface area contributed by atoms with Crippen molar-refractivity contribution in [3.05, 3.63) is 10.5 Å². The lowest BCUT2D eigenvalue weighted by atomic mass is 10.4. The van der Waals surface area contributed by atoms with Gasteiger partial charge in [-0.1, -0.05) is 11.8 Å². The Balaban J connectivity index is 2.57. The molecule has 0 saturated carbocycles. The van der Waals surface area contributed by atoms with E-state index in [1.54, 1.807) is 16.3 Å². The second kappa shape index (κ2) is 5.97. The lowest BCUT2D eigenvalue weighted by Crippen LogP contribution is -2.19. The van der Waals surface area contributed by atoms with E-state index in [2.05, 4.69) is 15.5 Å². The molecule has 0 atom stereocenters. The van der Waals surface area contributed by atoms with E-state index >= 15 is 0 Å². The van der Waals surface area contributed by atoms with Crippen molar-refractivity contribution in [2.45, 2.75) is 31.5 Å². The van der Waals surface area contributed by atoms with E-state index in [1.807, 2.05) is 20.9 Å². The molecule has 1 rings (SSSR count). The van der Waals surface area contributed by atoms with Crippen LogP contribution in [0.25, 0.3) is 0 Å². The molecule has 0 fully saturated rings. The van der Waals surface area contributed by atoms with Crippen LogP contribution < -0.4 is 11.0 Å². The van der Waals surface area contributed by atoms with Gasteiger partial charge in [0.05, 0.1) is 0 Å². The largest absolute Gasteiger partial charge is 0.344 e. The number of aromatic amines is 1.